The fourth-order valence-corrected chi connectivity index (χ4v) is 1.57. The van der Waals surface area contributed by atoms with Crippen LogP contribution >= 0.6 is 0 Å². The summed E-state index contributed by atoms with van der Waals surface area (Å²) in [5, 5.41) is 8.91. The zero-order chi connectivity index (χ0) is 12.1. The van der Waals surface area contributed by atoms with Gasteiger partial charge in [-0.25, -0.2) is 0 Å². The molecule has 2 nitrogen and oxygen atoms in total. The van der Waals surface area contributed by atoms with Crippen LogP contribution in [0.5, 0.6) is 0 Å². The fraction of sp³-hybridized carbons (Fsp3) is 0.900. The molecular weight excluding hydrogens is 209 g/mol. The number of carboxylic acid groups (broad SMARTS) is 1. The van der Waals surface area contributed by atoms with Crippen molar-refractivity contribution in [2.24, 2.45) is 5.41 Å². The average molecular weight is 226 g/mol. The van der Waals surface area contributed by atoms with Crippen LogP contribution in [0.15, 0.2) is 0 Å². The minimum atomic E-state index is -4.19. The summed E-state index contributed by atoms with van der Waals surface area (Å²) in [6.45, 7) is 3.33. The van der Waals surface area contributed by atoms with Crippen molar-refractivity contribution in [3.8, 4) is 0 Å². The highest BCUT2D eigenvalue weighted by Gasteiger charge is 2.34. The van der Waals surface area contributed by atoms with E-state index >= 15 is 0 Å². The molecule has 0 fully saturated rings. The van der Waals surface area contributed by atoms with Crippen LogP contribution in [0, 0.1) is 5.41 Å². The summed E-state index contributed by atoms with van der Waals surface area (Å²) >= 11 is 0. The van der Waals surface area contributed by atoms with Crippen molar-refractivity contribution in [3.05, 3.63) is 0 Å². The lowest BCUT2D eigenvalue weighted by Crippen LogP contribution is -2.27. The van der Waals surface area contributed by atoms with Gasteiger partial charge in [0.05, 0.1) is 5.41 Å². The van der Waals surface area contributed by atoms with Crippen molar-refractivity contribution in [2.45, 2.75) is 52.1 Å². The van der Waals surface area contributed by atoms with Gasteiger partial charge in [0.15, 0.2) is 0 Å². The predicted octanol–water partition coefficient (Wildman–Crippen LogP) is 3.61. The van der Waals surface area contributed by atoms with E-state index in [9.17, 15) is 18.0 Å². The molecule has 0 bridgehead atoms. The maximum atomic E-state index is 11.9. The fourth-order valence-electron chi connectivity index (χ4n) is 1.57. The third kappa shape index (κ3) is 5.64. The third-order valence-electron chi connectivity index (χ3n) is 2.51. The molecule has 5 heteroatoms. The van der Waals surface area contributed by atoms with Gasteiger partial charge in [0, 0.05) is 6.42 Å². The second-order valence-corrected chi connectivity index (χ2v) is 4.08. The molecule has 1 atom stereocenters. The van der Waals surface area contributed by atoms with Crippen LogP contribution < -0.4 is 0 Å². The van der Waals surface area contributed by atoms with Crippen molar-refractivity contribution in [3.63, 3.8) is 0 Å². The molecule has 0 aromatic heterocycles. The van der Waals surface area contributed by atoms with E-state index in [4.69, 9.17) is 5.11 Å². The van der Waals surface area contributed by atoms with Gasteiger partial charge in [-0.3, -0.25) is 4.79 Å². The van der Waals surface area contributed by atoms with Crippen molar-refractivity contribution in [1.29, 1.82) is 0 Å². The number of rotatable bonds is 6. The molecule has 15 heavy (non-hydrogen) atoms. The number of hydrogen-bond donors (Lipinski definition) is 1. The number of aliphatic carboxylic acids is 1. The van der Waals surface area contributed by atoms with Crippen molar-refractivity contribution in [1.82, 2.24) is 0 Å². The zero-order valence-corrected chi connectivity index (χ0v) is 9.02. The number of hydrogen-bond acceptors (Lipinski definition) is 1. The topological polar surface area (TPSA) is 37.3 Å². The van der Waals surface area contributed by atoms with Gasteiger partial charge in [0.1, 0.15) is 0 Å². The van der Waals surface area contributed by atoms with E-state index in [0.29, 0.717) is 12.8 Å². The van der Waals surface area contributed by atoms with Crippen LogP contribution in [0.25, 0.3) is 0 Å². The lowest BCUT2D eigenvalue weighted by molar-refractivity contribution is -0.152. The lowest BCUT2D eigenvalue weighted by atomic mass is 9.81. The zero-order valence-electron chi connectivity index (χ0n) is 9.02. The first-order chi connectivity index (χ1) is 6.71. The number of carboxylic acids is 1. The van der Waals surface area contributed by atoms with Gasteiger partial charge in [-0.1, -0.05) is 13.3 Å². The van der Waals surface area contributed by atoms with Crippen molar-refractivity contribution < 1.29 is 23.1 Å². The molecule has 90 valence electrons. The largest absolute Gasteiger partial charge is 0.481 e. The normalized spacial score (nSPS) is 16.1. The second kappa shape index (κ2) is 5.37. The Labute approximate surface area is 87.5 Å². The van der Waals surface area contributed by atoms with Gasteiger partial charge >= 0.3 is 12.1 Å². The summed E-state index contributed by atoms with van der Waals surface area (Å²) in [6, 6.07) is 0. The number of halogens is 3. The second-order valence-electron chi connectivity index (χ2n) is 4.08. The lowest BCUT2D eigenvalue weighted by Gasteiger charge is -2.24. The maximum absolute atomic E-state index is 11.9. The van der Waals surface area contributed by atoms with Crippen molar-refractivity contribution >= 4 is 5.97 Å². The molecule has 0 rings (SSSR count). The van der Waals surface area contributed by atoms with Gasteiger partial charge in [-0.05, 0) is 26.2 Å². The monoisotopic (exact) mass is 226 g/mol. The summed E-state index contributed by atoms with van der Waals surface area (Å²) in [5.41, 5.74) is -1.01. The molecule has 0 saturated heterocycles. The SMILES string of the molecule is CCCC(C)(CCCC(F)(F)F)C(=O)O. The van der Waals surface area contributed by atoms with Gasteiger partial charge in [-0.2, -0.15) is 13.2 Å². The molecule has 0 radical (unpaired) electrons. The maximum Gasteiger partial charge on any atom is 0.389 e. The number of alkyl halides is 3. The first kappa shape index (κ1) is 14.3. The molecule has 0 saturated carbocycles. The minimum Gasteiger partial charge on any atom is -0.481 e. The summed E-state index contributed by atoms with van der Waals surface area (Å²) in [6.07, 6.45) is -4.05. The van der Waals surface area contributed by atoms with Gasteiger partial charge < -0.3 is 5.11 Å². The van der Waals surface area contributed by atoms with Crippen molar-refractivity contribution in [2.75, 3.05) is 0 Å². The molecule has 0 spiro atoms. The van der Waals surface area contributed by atoms with Gasteiger partial charge in [-0.15, -0.1) is 0 Å². The molecule has 1 unspecified atom stereocenters. The van der Waals surface area contributed by atoms with Gasteiger partial charge in [0.2, 0.25) is 0 Å². The highest BCUT2D eigenvalue weighted by Crippen LogP contribution is 2.32. The third-order valence-corrected chi connectivity index (χ3v) is 2.51. The van der Waals surface area contributed by atoms with Crippen LogP contribution in [0.2, 0.25) is 0 Å². The van der Waals surface area contributed by atoms with E-state index in [1.807, 2.05) is 6.92 Å². The van der Waals surface area contributed by atoms with Crippen LogP contribution in [0.3, 0.4) is 0 Å². The highest BCUT2D eigenvalue weighted by molar-refractivity contribution is 5.73. The van der Waals surface area contributed by atoms with Crippen LogP contribution in [0.4, 0.5) is 13.2 Å². The number of carbonyl (C=O) groups is 1. The van der Waals surface area contributed by atoms with Crippen LogP contribution in [-0.4, -0.2) is 17.3 Å². The quantitative estimate of drug-likeness (QED) is 0.751. The smallest absolute Gasteiger partial charge is 0.389 e. The highest BCUT2D eigenvalue weighted by atomic mass is 19.4. The molecular formula is C10H17F3O2. The Bertz CT molecular complexity index is 213. The van der Waals surface area contributed by atoms with E-state index in [-0.39, 0.29) is 12.8 Å². The Kier molecular flexibility index (Phi) is 5.11. The minimum absolute atomic E-state index is 0.0791. The Balaban J connectivity index is 4.14. The van der Waals surface area contributed by atoms with E-state index in [1.54, 1.807) is 0 Å². The van der Waals surface area contributed by atoms with E-state index in [0.717, 1.165) is 0 Å². The predicted molar refractivity (Wildman–Crippen MR) is 50.6 cm³/mol. The molecule has 0 aliphatic rings. The molecule has 1 N–H and O–H groups in total. The summed E-state index contributed by atoms with van der Waals surface area (Å²) in [4.78, 5) is 10.9. The van der Waals surface area contributed by atoms with Crippen LogP contribution in [-0.2, 0) is 4.79 Å². The molecule has 0 aliphatic carbocycles. The standard InChI is InChI=1S/C10H17F3O2/c1-3-5-9(2,8(14)15)6-4-7-10(11,12)13/h3-7H2,1-2H3,(H,14,15). The molecule has 0 aliphatic heterocycles. The van der Waals surface area contributed by atoms with E-state index < -0.39 is 24.0 Å². The van der Waals surface area contributed by atoms with Crippen LogP contribution in [0.1, 0.15) is 46.0 Å². The first-order valence-electron chi connectivity index (χ1n) is 5.01. The Morgan fingerprint density at radius 2 is 1.73 bits per heavy atom. The average Bonchev–Trinajstić information content (AvgIpc) is 2.01. The Morgan fingerprint density at radius 3 is 2.07 bits per heavy atom. The summed E-state index contributed by atoms with van der Waals surface area (Å²) in [7, 11) is 0. The molecule has 0 aromatic rings. The Morgan fingerprint density at radius 1 is 1.20 bits per heavy atom. The molecule has 0 aromatic carbocycles. The molecule has 0 amide bonds. The van der Waals surface area contributed by atoms with Gasteiger partial charge in [0.25, 0.3) is 0 Å². The molecule has 0 heterocycles. The van der Waals surface area contributed by atoms with E-state index in [1.165, 1.54) is 6.92 Å². The summed E-state index contributed by atoms with van der Waals surface area (Å²) < 4.78 is 35.6. The van der Waals surface area contributed by atoms with E-state index in [2.05, 4.69) is 0 Å². The first-order valence-corrected chi connectivity index (χ1v) is 5.01. The Hall–Kier alpha value is -0.740. The summed E-state index contributed by atoms with van der Waals surface area (Å²) in [5.74, 6) is -1.01.